The molecule has 1 aromatic rings. The van der Waals surface area contributed by atoms with Crippen molar-refractivity contribution in [1.82, 2.24) is 4.57 Å². The summed E-state index contributed by atoms with van der Waals surface area (Å²) in [7, 11) is 0. The normalized spacial score (nSPS) is 11.4. The van der Waals surface area contributed by atoms with Gasteiger partial charge >= 0.3 is 0 Å². The summed E-state index contributed by atoms with van der Waals surface area (Å²) in [5.41, 5.74) is 1.37. The van der Waals surface area contributed by atoms with Crippen LogP contribution in [-0.4, -0.2) is 4.57 Å². The minimum Gasteiger partial charge on any atom is -0.315 e. The van der Waals surface area contributed by atoms with Gasteiger partial charge in [-0.1, -0.05) is 32.9 Å². The maximum absolute atomic E-state index is 11.6. The highest BCUT2D eigenvalue weighted by Gasteiger charge is 2.14. The fourth-order valence-corrected chi connectivity index (χ4v) is 1.56. The molecule has 1 heterocycles. The first kappa shape index (κ1) is 12.8. The summed E-state index contributed by atoms with van der Waals surface area (Å²) in [6, 6.07) is 3.58. The second-order valence-electron chi connectivity index (χ2n) is 5.13. The van der Waals surface area contributed by atoms with Crippen LogP contribution in [0.5, 0.6) is 0 Å². The van der Waals surface area contributed by atoms with E-state index in [1.807, 2.05) is 18.3 Å². The fraction of sp³-hybridized carbons (Fsp3) is 0.500. The third kappa shape index (κ3) is 3.37. The summed E-state index contributed by atoms with van der Waals surface area (Å²) in [5, 5.41) is 0. The SMILES string of the molecule is C=CCCCn1cc(C(C)(C)C)ccc1=O. The largest absolute Gasteiger partial charge is 0.315 e. The number of rotatable bonds is 4. The smallest absolute Gasteiger partial charge is 0.250 e. The van der Waals surface area contributed by atoms with Crippen molar-refractivity contribution in [1.29, 1.82) is 0 Å². The lowest BCUT2D eigenvalue weighted by Crippen LogP contribution is -2.22. The molecule has 0 atom stereocenters. The monoisotopic (exact) mass is 219 g/mol. The van der Waals surface area contributed by atoms with Crippen molar-refractivity contribution < 1.29 is 0 Å². The van der Waals surface area contributed by atoms with E-state index in [2.05, 4.69) is 27.4 Å². The summed E-state index contributed by atoms with van der Waals surface area (Å²) < 4.78 is 1.80. The summed E-state index contributed by atoms with van der Waals surface area (Å²) in [5.74, 6) is 0. The van der Waals surface area contributed by atoms with Gasteiger partial charge in [-0.05, 0) is 23.8 Å². The van der Waals surface area contributed by atoms with E-state index < -0.39 is 0 Å². The van der Waals surface area contributed by atoms with Crippen LogP contribution in [0.4, 0.5) is 0 Å². The van der Waals surface area contributed by atoms with Crippen molar-refractivity contribution >= 4 is 0 Å². The number of hydrogen-bond donors (Lipinski definition) is 0. The van der Waals surface area contributed by atoms with Gasteiger partial charge in [-0.2, -0.15) is 0 Å². The molecule has 1 aromatic heterocycles. The van der Waals surface area contributed by atoms with E-state index in [-0.39, 0.29) is 11.0 Å². The van der Waals surface area contributed by atoms with Crippen molar-refractivity contribution in [3.05, 3.63) is 46.9 Å². The fourth-order valence-electron chi connectivity index (χ4n) is 1.56. The molecule has 0 aromatic carbocycles. The Bertz CT molecular complexity index is 409. The van der Waals surface area contributed by atoms with Crippen molar-refractivity contribution in [2.75, 3.05) is 0 Å². The molecule has 0 N–H and O–H groups in total. The zero-order valence-corrected chi connectivity index (χ0v) is 10.5. The Labute approximate surface area is 97.6 Å². The highest BCUT2D eigenvalue weighted by atomic mass is 16.1. The van der Waals surface area contributed by atoms with Gasteiger partial charge < -0.3 is 4.57 Å². The van der Waals surface area contributed by atoms with Gasteiger partial charge in [0.05, 0.1) is 0 Å². The van der Waals surface area contributed by atoms with E-state index >= 15 is 0 Å². The lowest BCUT2D eigenvalue weighted by atomic mass is 9.88. The van der Waals surface area contributed by atoms with Gasteiger partial charge in [0.2, 0.25) is 0 Å². The molecule has 16 heavy (non-hydrogen) atoms. The molecule has 2 nitrogen and oxygen atoms in total. The Morgan fingerprint density at radius 3 is 2.62 bits per heavy atom. The number of pyridine rings is 1. The van der Waals surface area contributed by atoms with E-state index in [9.17, 15) is 4.79 Å². The first-order valence-corrected chi connectivity index (χ1v) is 5.77. The number of unbranched alkanes of at least 4 members (excludes halogenated alkanes) is 1. The number of aryl methyl sites for hydroxylation is 1. The number of aromatic nitrogens is 1. The topological polar surface area (TPSA) is 22.0 Å². The summed E-state index contributed by atoms with van der Waals surface area (Å²) in [6.45, 7) is 10.9. The third-order valence-electron chi connectivity index (χ3n) is 2.66. The second-order valence-corrected chi connectivity index (χ2v) is 5.13. The van der Waals surface area contributed by atoms with Gasteiger partial charge in [-0.25, -0.2) is 0 Å². The molecule has 0 bridgehead atoms. The molecule has 0 saturated heterocycles. The molecule has 0 spiro atoms. The Hall–Kier alpha value is -1.31. The van der Waals surface area contributed by atoms with Gasteiger partial charge in [-0.15, -0.1) is 6.58 Å². The van der Waals surface area contributed by atoms with Crippen LogP contribution in [-0.2, 0) is 12.0 Å². The van der Waals surface area contributed by atoms with Crippen LogP contribution >= 0.6 is 0 Å². The van der Waals surface area contributed by atoms with Crippen molar-refractivity contribution in [2.45, 2.75) is 45.6 Å². The van der Waals surface area contributed by atoms with E-state index in [1.165, 1.54) is 5.56 Å². The first-order chi connectivity index (χ1) is 7.45. The Kier molecular flexibility index (Phi) is 4.11. The molecule has 0 aliphatic rings. The van der Waals surface area contributed by atoms with E-state index in [0.29, 0.717) is 0 Å². The van der Waals surface area contributed by atoms with Gasteiger partial charge in [0, 0.05) is 18.8 Å². The van der Waals surface area contributed by atoms with Crippen LogP contribution < -0.4 is 5.56 Å². The van der Waals surface area contributed by atoms with Crippen molar-refractivity contribution in [3.8, 4) is 0 Å². The molecular weight excluding hydrogens is 198 g/mol. The van der Waals surface area contributed by atoms with Crippen LogP contribution in [0.1, 0.15) is 39.2 Å². The summed E-state index contributed by atoms with van der Waals surface area (Å²) >= 11 is 0. The van der Waals surface area contributed by atoms with Gasteiger partial charge in [0.25, 0.3) is 5.56 Å². The minimum atomic E-state index is 0.0806. The molecule has 0 aliphatic heterocycles. The number of hydrogen-bond acceptors (Lipinski definition) is 1. The zero-order valence-electron chi connectivity index (χ0n) is 10.5. The molecule has 0 radical (unpaired) electrons. The van der Waals surface area contributed by atoms with Crippen molar-refractivity contribution in [3.63, 3.8) is 0 Å². The Morgan fingerprint density at radius 1 is 1.38 bits per heavy atom. The number of nitrogens with zero attached hydrogens (tertiary/aromatic N) is 1. The molecule has 2 heteroatoms. The average molecular weight is 219 g/mol. The van der Waals surface area contributed by atoms with Gasteiger partial charge in [0.1, 0.15) is 0 Å². The predicted molar refractivity (Wildman–Crippen MR) is 68.8 cm³/mol. The molecule has 88 valence electrons. The predicted octanol–water partition coefficient (Wildman–Crippen LogP) is 3.11. The first-order valence-electron chi connectivity index (χ1n) is 5.77. The van der Waals surface area contributed by atoms with Crippen LogP contribution in [0.15, 0.2) is 35.8 Å². The zero-order chi connectivity index (χ0) is 12.2. The molecule has 0 unspecified atom stereocenters. The molecule has 0 amide bonds. The standard InChI is InChI=1S/C14H21NO/c1-5-6-7-10-15-11-12(14(2,3)4)8-9-13(15)16/h5,8-9,11H,1,6-7,10H2,2-4H3. The molecule has 0 saturated carbocycles. The molecule has 1 rings (SSSR count). The number of allylic oxidation sites excluding steroid dienone is 1. The Morgan fingerprint density at radius 2 is 2.06 bits per heavy atom. The second kappa shape index (κ2) is 5.15. The molecule has 0 aliphatic carbocycles. The van der Waals surface area contributed by atoms with E-state index in [4.69, 9.17) is 0 Å². The summed E-state index contributed by atoms with van der Waals surface area (Å²) in [6.07, 6.45) is 5.78. The average Bonchev–Trinajstić information content (AvgIpc) is 2.19. The molecule has 0 fully saturated rings. The van der Waals surface area contributed by atoms with Crippen LogP contribution in [0, 0.1) is 0 Å². The van der Waals surface area contributed by atoms with E-state index in [1.54, 1.807) is 10.6 Å². The van der Waals surface area contributed by atoms with Gasteiger partial charge in [0.15, 0.2) is 0 Å². The maximum atomic E-state index is 11.6. The minimum absolute atomic E-state index is 0.0806. The molecular formula is C14H21NO. The van der Waals surface area contributed by atoms with Crippen LogP contribution in [0.3, 0.4) is 0 Å². The quantitative estimate of drug-likeness (QED) is 0.563. The lowest BCUT2D eigenvalue weighted by Gasteiger charge is -2.20. The lowest BCUT2D eigenvalue weighted by molar-refractivity contribution is 0.562. The van der Waals surface area contributed by atoms with Crippen molar-refractivity contribution in [2.24, 2.45) is 0 Å². The highest BCUT2D eigenvalue weighted by Crippen LogP contribution is 2.20. The van der Waals surface area contributed by atoms with E-state index in [0.717, 1.165) is 19.4 Å². The third-order valence-corrected chi connectivity index (χ3v) is 2.66. The van der Waals surface area contributed by atoms with Crippen LogP contribution in [0.25, 0.3) is 0 Å². The summed E-state index contributed by atoms with van der Waals surface area (Å²) in [4.78, 5) is 11.6. The van der Waals surface area contributed by atoms with Crippen LogP contribution in [0.2, 0.25) is 0 Å². The maximum Gasteiger partial charge on any atom is 0.250 e. The Balaban J connectivity index is 2.91. The highest BCUT2D eigenvalue weighted by molar-refractivity contribution is 5.18. The van der Waals surface area contributed by atoms with Gasteiger partial charge in [-0.3, -0.25) is 4.79 Å².